The number of fused-ring (bicyclic) bond motifs is 1. The quantitative estimate of drug-likeness (QED) is 0.663. The summed E-state index contributed by atoms with van der Waals surface area (Å²) in [5.41, 5.74) is 1.01. The Morgan fingerprint density at radius 2 is 2.00 bits per heavy atom. The lowest BCUT2D eigenvalue weighted by atomic mass is 9.98. The standard InChI is InChI=1S/C15H19N3O2/c1-10(2)11(3)8-17-14-4-5-15(18(19)20)13-9-16-7-6-12(13)14/h4-7,9-11,17H,8H2,1-3H3. The molecule has 0 bridgehead atoms. The molecule has 0 radical (unpaired) electrons. The van der Waals surface area contributed by atoms with Crippen molar-refractivity contribution >= 4 is 22.1 Å². The largest absolute Gasteiger partial charge is 0.384 e. The van der Waals surface area contributed by atoms with Crippen molar-refractivity contribution in [2.24, 2.45) is 11.8 Å². The highest BCUT2D eigenvalue weighted by molar-refractivity contribution is 5.99. The molecule has 0 aliphatic heterocycles. The fourth-order valence-corrected chi connectivity index (χ4v) is 2.00. The fourth-order valence-electron chi connectivity index (χ4n) is 2.00. The molecule has 1 atom stereocenters. The van der Waals surface area contributed by atoms with Gasteiger partial charge in [-0.25, -0.2) is 0 Å². The molecule has 0 aliphatic rings. The zero-order valence-corrected chi connectivity index (χ0v) is 12.0. The number of benzene rings is 1. The van der Waals surface area contributed by atoms with E-state index in [2.05, 4.69) is 31.1 Å². The first-order chi connectivity index (χ1) is 9.50. The van der Waals surface area contributed by atoms with E-state index in [0.29, 0.717) is 17.2 Å². The van der Waals surface area contributed by atoms with Crippen LogP contribution in [0.3, 0.4) is 0 Å². The number of nitrogens with one attached hydrogen (secondary N) is 1. The maximum atomic E-state index is 11.0. The molecule has 2 aromatic rings. The van der Waals surface area contributed by atoms with E-state index in [0.717, 1.165) is 17.6 Å². The summed E-state index contributed by atoms with van der Waals surface area (Å²) < 4.78 is 0. The highest BCUT2D eigenvalue weighted by Crippen LogP contribution is 2.30. The van der Waals surface area contributed by atoms with Crippen LogP contribution in [0, 0.1) is 22.0 Å². The van der Waals surface area contributed by atoms with Crippen molar-refractivity contribution in [3.63, 3.8) is 0 Å². The molecule has 20 heavy (non-hydrogen) atoms. The van der Waals surface area contributed by atoms with Gasteiger partial charge in [-0.2, -0.15) is 0 Å². The normalized spacial score (nSPS) is 12.6. The minimum absolute atomic E-state index is 0.0931. The number of aromatic nitrogens is 1. The molecule has 1 aromatic heterocycles. The van der Waals surface area contributed by atoms with Crippen molar-refractivity contribution in [2.45, 2.75) is 20.8 Å². The Morgan fingerprint density at radius 1 is 1.25 bits per heavy atom. The number of nitro groups is 1. The third-order valence-corrected chi connectivity index (χ3v) is 3.74. The Morgan fingerprint density at radius 3 is 2.65 bits per heavy atom. The van der Waals surface area contributed by atoms with E-state index >= 15 is 0 Å². The first-order valence-corrected chi connectivity index (χ1v) is 6.75. The average Bonchev–Trinajstić information content (AvgIpc) is 2.43. The Bertz CT molecular complexity index is 626. The van der Waals surface area contributed by atoms with Gasteiger partial charge in [0.1, 0.15) is 0 Å². The highest BCUT2D eigenvalue weighted by atomic mass is 16.6. The molecule has 5 heteroatoms. The summed E-state index contributed by atoms with van der Waals surface area (Å²) >= 11 is 0. The number of non-ortho nitro benzene ring substituents is 1. The van der Waals surface area contributed by atoms with Crippen LogP contribution in [-0.2, 0) is 0 Å². The minimum Gasteiger partial charge on any atom is -0.384 e. The van der Waals surface area contributed by atoms with Gasteiger partial charge < -0.3 is 5.32 Å². The van der Waals surface area contributed by atoms with Crippen LogP contribution in [0.5, 0.6) is 0 Å². The minimum atomic E-state index is -0.371. The molecule has 5 nitrogen and oxygen atoms in total. The van der Waals surface area contributed by atoms with Crippen LogP contribution < -0.4 is 5.32 Å². The molecular formula is C15H19N3O2. The van der Waals surface area contributed by atoms with Crippen molar-refractivity contribution in [1.29, 1.82) is 0 Å². The van der Waals surface area contributed by atoms with Crippen LogP contribution in [0.4, 0.5) is 11.4 Å². The highest BCUT2D eigenvalue weighted by Gasteiger charge is 2.15. The summed E-state index contributed by atoms with van der Waals surface area (Å²) in [5, 5.41) is 15.8. The third-order valence-electron chi connectivity index (χ3n) is 3.74. The summed E-state index contributed by atoms with van der Waals surface area (Å²) in [6, 6.07) is 5.12. The van der Waals surface area contributed by atoms with Crippen molar-refractivity contribution < 1.29 is 4.92 Å². The lowest BCUT2D eigenvalue weighted by molar-refractivity contribution is -0.383. The predicted molar refractivity (Wildman–Crippen MR) is 80.9 cm³/mol. The second kappa shape index (κ2) is 5.86. The van der Waals surface area contributed by atoms with Crippen LogP contribution in [0.1, 0.15) is 20.8 Å². The van der Waals surface area contributed by atoms with Crippen LogP contribution in [0.2, 0.25) is 0 Å². The fraction of sp³-hybridized carbons (Fsp3) is 0.400. The van der Waals surface area contributed by atoms with Gasteiger partial charge in [0.25, 0.3) is 5.69 Å². The maximum absolute atomic E-state index is 11.0. The molecule has 1 aromatic carbocycles. The number of rotatable bonds is 5. The number of anilines is 1. The molecule has 2 rings (SSSR count). The number of hydrogen-bond acceptors (Lipinski definition) is 4. The lowest BCUT2D eigenvalue weighted by Crippen LogP contribution is -2.16. The zero-order chi connectivity index (χ0) is 14.7. The molecule has 1 unspecified atom stereocenters. The van der Waals surface area contributed by atoms with E-state index in [-0.39, 0.29) is 10.6 Å². The molecule has 1 heterocycles. The molecular weight excluding hydrogens is 254 g/mol. The van der Waals surface area contributed by atoms with Crippen molar-refractivity contribution in [2.75, 3.05) is 11.9 Å². The van der Waals surface area contributed by atoms with Gasteiger partial charge in [-0.3, -0.25) is 15.1 Å². The summed E-state index contributed by atoms with van der Waals surface area (Å²) in [4.78, 5) is 14.7. The van der Waals surface area contributed by atoms with Gasteiger partial charge in [-0.15, -0.1) is 0 Å². The second-order valence-electron chi connectivity index (χ2n) is 5.41. The first kappa shape index (κ1) is 14.2. The molecule has 0 aliphatic carbocycles. The number of nitrogens with zero attached hydrogens (tertiary/aromatic N) is 2. The molecule has 0 fully saturated rings. The van der Waals surface area contributed by atoms with E-state index in [1.54, 1.807) is 18.5 Å². The second-order valence-corrected chi connectivity index (χ2v) is 5.41. The van der Waals surface area contributed by atoms with Crippen molar-refractivity contribution in [3.8, 4) is 0 Å². The SMILES string of the molecule is CC(C)C(C)CNc1ccc([N+](=O)[O-])c2cnccc12. The summed E-state index contributed by atoms with van der Waals surface area (Å²) in [6.07, 6.45) is 3.20. The van der Waals surface area contributed by atoms with Gasteiger partial charge >= 0.3 is 0 Å². The van der Waals surface area contributed by atoms with E-state index in [1.807, 2.05) is 6.07 Å². The average molecular weight is 273 g/mol. The third kappa shape index (κ3) is 2.87. The number of pyridine rings is 1. The monoisotopic (exact) mass is 273 g/mol. The Kier molecular flexibility index (Phi) is 4.17. The molecule has 0 amide bonds. The lowest BCUT2D eigenvalue weighted by Gasteiger charge is -2.17. The van der Waals surface area contributed by atoms with Gasteiger partial charge in [0.15, 0.2) is 0 Å². The molecule has 0 spiro atoms. The van der Waals surface area contributed by atoms with E-state index < -0.39 is 0 Å². The summed E-state index contributed by atoms with van der Waals surface area (Å²) in [5.74, 6) is 1.12. The maximum Gasteiger partial charge on any atom is 0.278 e. The van der Waals surface area contributed by atoms with E-state index in [1.165, 1.54) is 6.07 Å². The zero-order valence-electron chi connectivity index (χ0n) is 12.0. The van der Waals surface area contributed by atoms with Gasteiger partial charge in [-0.05, 0) is 24.0 Å². The van der Waals surface area contributed by atoms with Gasteiger partial charge in [0.2, 0.25) is 0 Å². The van der Waals surface area contributed by atoms with Crippen molar-refractivity contribution in [3.05, 3.63) is 40.7 Å². The number of hydrogen-bond donors (Lipinski definition) is 1. The van der Waals surface area contributed by atoms with Crippen LogP contribution in [-0.4, -0.2) is 16.5 Å². The predicted octanol–water partition coefficient (Wildman–Crippen LogP) is 3.85. The Balaban J connectivity index is 2.36. The first-order valence-electron chi connectivity index (χ1n) is 6.75. The molecule has 0 saturated heterocycles. The number of nitro benzene ring substituents is 1. The van der Waals surface area contributed by atoms with Gasteiger partial charge in [-0.1, -0.05) is 20.8 Å². The van der Waals surface area contributed by atoms with E-state index in [4.69, 9.17) is 0 Å². The smallest absolute Gasteiger partial charge is 0.278 e. The molecule has 0 saturated carbocycles. The Hall–Kier alpha value is -2.17. The van der Waals surface area contributed by atoms with Crippen molar-refractivity contribution in [1.82, 2.24) is 4.98 Å². The van der Waals surface area contributed by atoms with Gasteiger partial charge in [0.05, 0.1) is 10.3 Å². The summed E-state index contributed by atoms with van der Waals surface area (Å²) in [6.45, 7) is 7.40. The topological polar surface area (TPSA) is 68.1 Å². The van der Waals surface area contributed by atoms with Crippen LogP contribution in [0.15, 0.2) is 30.6 Å². The summed E-state index contributed by atoms with van der Waals surface area (Å²) in [7, 11) is 0. The van der Waals surface area contributed by atoms with E-state index in [9.17, 15) is 10.1 Å². The van der Waals surface area contributed by atoms with Crippen LogP contribution in [0.25, 0.3) is 10.8 Å². The molecule has 106 valence electrons. The molecule has 1 N–H and O–H groups in total. The van der Waals surface area contributed by atoms with Crippen LogP contribution >= 0.6 is 0 Å². The van der Waals surface area contributed by atoms with Gasteiger partial charge in [0, 0.05) is 36.1 Å². The Labute approximate surface area is 118 Å².